The summed E-state index contributed by atoms with van der Waals surface area (Å²) in [6, 6.07) is 4.52. The summed E-state index contributed by atoms with van der Waals surface area (Å²) in [5.74, 6) is -0.492. The fourth-order valence-corrected chi connectivity index (χ4v) is 3.60. The summed E-state index contributed by atoms with van der Waals surface area (Å²) in [6.07, 6.45) is -4.67. The number of rotatable bonds is 3. The van der Waals surface area contributed by atoms with Crippen LogP contribution in [0.4, 0.5) is 18.9 Å². The topological polar surface area (TPSA) is 60.2 Å². The van der Waals surface area contributed by atoms with Crippen molar-refractivity contribution in [2.24, 2.45) is 0 Å². The van der Waals surface area contributed by atoms with Gasteiger partial charge in [-0.2, -0.15) is 13.2 Å². The molecule has 0 radical (unpaired) electrons. The van der Waals surface area contributed by atoms with Gasteiger partial charge in [-0.25, -0.2) is 0 Å². The highest BCUT2D eigenvalue weighted by atomic mass is 32.1. The smallest absolute Gasteiger partial charge is 0.294 e. The first kappa shape index (κ1) is 16.5. The van der Waals surface area contributed by atoms with E-state index in [9.17, 15) is 28.1 Å². The Morgan fingerprint density at radius 2 is 1.91 bits per heavy atom. The molecule has 0 spiro atoms. The van der Waals surface area contributed by atoms with E-state index in [4.69, 9.17) is 0 Å². The van der Waals surface area contributed by atoms with E-state index in [-0.39, 0.29) is 20.2 Å². The Morgan fingerprint density at radius 1 is 1.32 bits per heavy atom. The van der Waals surface area contributed by atoms with E-state index >= 15 is 0 Å². The monoisotopic (exact) mass is 347 g/mol. The molecule has 2 aromatic rings. The number of carbonyl (C=O) groups excluding carboxylic acids is 1. The van der Waals surface area contributed by atoms with Crippen LogP contribution in [0.25, 0.3) is 10.4 Å². The molecule has 0 bridgehead atoms. The molecule has 0 N–H and O–H groups in total. The zero-order chi connectivity index (χ0) is 16.7. The third-order valence-electron chi connectivity index (χ3n) is 2.84. The minimum atomic E-state index is -4.67. The fraction of sp³-hybridized carbons (Fsp3) is 0.154. The van der Waals surface area contributed by atoms with Gasteiger partial charge < -0.3 is 0 Å². The average Bonchev–Trinajstić information content (AvgIpc) is 2.75. The molecule has 0 saturated heterocycles. The largest absolute Gasteiger partial charge is 0.417 e. The van der Waals surface area contributed by atoms with Crippen molar-refractivity contribution >= 4 is 35.4 Å². The van der Waals surface area contributed by atoms with E-state index < -0.39 is 28.1 Å². The molecule has 9 heteroatoms. The molecule has 2 rings (SSSR count). The van der Waals surface area contributed by atoms with E-state index in [0.717, 1.165) is 12.1 Å². The minimum Gasteiger partial charge on any atom is -0.294 e. The van der Waals surface area contributed by atoms with Crippen molar-refractivity contribution in [3.8, 4) is 10.4 Å². The number of carbonyl (C=O) groups is 1. The van der Waals surface area contributed by atoms with Crippen molar-refractivity contribution in [2.75, 3.05) is 0 Å². The Balaban J connectivity index is 2.82. The molecule has 116 valence electrons. The van der Waals surface area contributed by atoms with Crippen LogP contribution >= 0.6 is 24.0 Å². The second-order valence-electron chi connectivity index (χ2n) is 4.31. The number of nitro groups is 1. The van der Waals surface area contributed by atoms with Gasteiger partial charge in [0.05, 0.1) is 15.4 Å². The molecule has 0 aliphatic heterocycles. The predicted octanol–water partition coefficient (Wildman–Crippen LogP) is 4.83. The third-order valence-corrected chi connectivity index (χ3v) is 4.74. The summed E-state index contributed by atoms with van der Waals surface area (Å²) in [5, 5.41) is 11.2. The van der Waals surface area contributed by atoms with E-state index in [0.29, 0.717) is 11.3 Å². The van der Waals surface area contributed by atoms with Gasteiger partial charge in [-0.05, 0) is 13.0 Å². The van der Waals surface area contributed by atoms with Gasteiger partial charge in [0.2, 0.25) is 0 Å². The van der Waals surface area contributed by atoms with E-state index in [2.05, 4.69) is 12.6 Å². The van der Waals surface area contributed by atoms with Crippen LogP contribution in [0, 0.1) is 10.1 Å². The first-order chi connectivity index (χ1) is 10.1. The Labute approximate surface area is 132 Å². The van der Waals surface area contributed by atoms with Crippen molar-refractivity contribution in [2.45, 2.75) is 18.0 Å². The van der Waals surface area contributed by atoms with Crippen LogP contribution in [0.5, 0.6) is 0 Å². The average molecular weight is 347 g/mol. The Bertz CT molecular complexity index is 768. The lowest BCUT2D eigenvalue weighted by Gasteiger charge is -2.11. The molecule has 1 heterocycles. The van der Waals surface area contributed by atoms with Gasteiger partial charge in [-0.1, -0.05) is 18.2 Å². The highest BCUT2D eigenvalue weighted by molar-refractivity contribution is 7.80. The number of benzene rings is 1. The van der Waals surface area contributed by atoms with Crippen LogP contribution in [-0.4, -0.2) is 10.7 Å². The molecule has 0 unspecified atom stereocenters. The molecule has 0 aliphatic carbocycles. The second-order valence-corrected chi connectivity index (χ2v) is 5.78. The fourth-order valence-electron chi connectivity index (χ4n) is 1.93. The van der Waals surface area contributed by atoms with Gasteiger partial charge in [0, 0.05) is 5.56 Å². The number of hydrogen-bond donors (Lipinski definition) is 1. The quantitative estimate of drug-likeness (QED) is 0.374. The zero-order valence-corrected chi connectivity index (χ0v) is 12.7. The van der Waals surface area contributed by atoms with Crippen LogP contribution in [-0.2, 0) is 6.18 Å². The molecular formula is C13H8F3NO3S2. The first-order valence-electron chi connectivity index (χ1n) is 5.82. The van der Waals surface area contributed by atoms with E-state index in [1.165, 1.54) is 19.1 Å². The standard InChI is InChI=1S/C13H8F3NO3S2/c1-6(18)11-10(21)9(17(19)20)12(22-11)7-4-2-3-5-8(7)13(14,15)16/h2-5,21H,1H3. The van der Waals surface area contributed by atoms with Crippen LogP contribution in [0.1, 0.15) is 22.2 Å². The molecule has 0 aliphatic rings. The van der Waals surface area contributed by atoms with Crippen molar-refractivity contribution in [3.63, 3.8) is 0 Å². The number of halogens is 3. The van der Waals surface area contributed by atoms with Gasteiger partial charge in [0.15, 0.2) is 5.78 Å². The molecule has 1 aromatic carbocycles. The normalized spacial score (nSPS) is 11.5. The molecule has 0 saturated carbocycles. The Kier molecular flexibility index (Phi) is 4.30. The summed E-state index contributed by atoms with van der Waals surface area (Å²) >= 11 is 4.57. The van der Waals surface area contributed by atoms with Crippen LogP contribution in [0.15, 0.2) is 29.2 Å². The molecule has 0 atom stereocenters. The Morgan fingerprint density at radius 3 is 2.41 bits per heavy atom. The molecule has 1 aromatic heterocycles. The maximum Gasteiger partial charge on any atom is 0.417 e. The molecule has 0 amide bonds. The van der Waals surface area contributed by atoms with Crippen molar-refractivity contribution < 1.29 is 22.9 Å². The summed E-state index contributed by atoms with van der Waals surface area (Å²) in [4.78, 5) is 21.4. The molecular weight excluding hydrogens is 339 g/mol. The predicted molar refractivity (Wildman–Crippen MR) is 78.7 cm³/mol. The highest BCUT2D eigenvalue weighted by Crippen LogP contribution is 2.48. The van der Waals surface area contributed by atoms with Crippen molar-refractivity contribution in [1.29, 1.82) is 0 Å². The molecule has 0 fully saturated rings. The number of nitrogens with zero attached hydrogens (tertiary/aromatic N) is 1. The number of thiol groups is 1. The lowest BCUT2D eigenvalue weighted by molar-refractivity contribution is -0.386. The van der Waals surface area contributed by atoms with E-state index in [1.54, 1.807) is 0 Å². The lowest BCUT2D eigenvalue weighted by Crippen LogP contribution is -2.06. The third kappa shape index (κ3) is 2.86. The van der Waals surface area contributed by atoms with Crippen LogP contribution in [0.3, 0.4) is 0 Å². The van der Waals surface area contributed by atoms with Crippen molar-refractivity contribution in [1.82, 2.24) is 0 Å². The Hall–Kier alpha value is -1.87. The van der Waals surface area contributed by atoms with Crippen LogP contribution in [0.2, 0.25) is 0 Å². The minimum absolute atomic E-state index is 0.0398. The molecule has 4 nitrogen and oxygen atoms in total. The van der Waals surface area contributed by atoms with Crippen molar-refractivity contribution in [3.05, 3.63) is 44.8 Å². The van der Waals surface area contributed by atoms with Gasteiger partial charge in [0.1, 0.15) is 9.77 Å². The van der Waals surface area contributed by atoms with Gasteiger partial charge >= 0.3 is 11.9 Å². The first-order valence-corrected chi connectivity index (χ1v) is 7.08. The number of thiophene rings is 1. The molecule has 22 heavy (non-hydrogen) atoms. The number of alkyl halides is 3. The van der Waals surface area contributed by atoms with Gasteiger partial charge in [-0.15, -0.1) is 24.0 Å². The number of ketones is 1. The SMILES string of the molecule is CC(=O)c1sc(-c2ccccc2C(F)(F)F)c([N+](=O)[O-])c1S. The van der Waals surface area contributed by atoms with Gasteiger partial charge in [-0.3, -0.25) is 14.9 Å². The zero-order valence-electron chi connectivity index (χ0n) is 11.0. The summed E-state index contributed by atoms with van der Waals surface area (Å²) in [7, 11) is 0. The number of hydrogen-bond acceptors (Lipinski definition) is 5. The van der Waals surface area contributed by atoms with Gasteiger partial charge in [0.25, 0.3) is 0 Å². The highest BCUT2D eigenvalue weighted by Gasteiger charge is 2.37. The second kappa shape index (κ2) is 5.73. The van der Waals surface area contributed by atoms with E-state index in [1.807, 2.05) is 0 Å². The number of Topliss-reactive ketones (excluding diaryl/α,β-unsaturated/α-hetero) is 1. The summed E-state index contributed by atoms with van der Waals surface area (Å²) in [5.41, 5.74) is -1.92. The maximum atomic E-state index is 13.1. The maximum absolute atomic E-state index is 13.1. The van der Waals surface area contributed by atoms with Crippen LogP contribution < -0.4 is 0 Å². The summed E-state index contributed by atoms with van der Waals surface area (Å²) < 4.78 is 39.2. The lowest BCUT2D eigenvalue weighted by atomic mass is 10.0. The summed E-state index contributed by atoms with van der Waals surface area (Å²) in [6.45, 7) is 1.18.